The highest BCUT2D eigenvalue weighted by atomic mass is 35.5. The summed E-state index contributed by atoms with van der Waals surface area (Å²) >= 11 is 22.4. The number of nitrogens with zero attached hydrogens (tertiary/aromatic N) is 3. The van der Waals surface area contributed by atoms with E-state index in [0.29, 0.717) is 18.8 Å². The lowest BCUT2D eigenvalue weighted by molar-refractivity contribution is -0.383. The Morgan fingerprint density at radius 2 is 1.55 bits per heavy atom. The van der Waals surface area contributed by atoms with E-state index in [1.807, 2.05) is 24.3 Å². The van der Waals surface area contributed by atoms with Crippen LogP contribution in [0.15, 0.2) is 86.0 Å². The van der Waals surface area contributed by atoms with E-state index in [1.54, 1.807) is 48.4 Å². The second-order valence-electron chi connectivity index (χ2n) is 11.3. The molecular formula is C37H48Cl4N5O11P. The molecule has 0 atom stereocenters. The van der Waals surface area contributed by atoms with E-state index in [9.17, 15) is 29.1 Å². The number of nitro benzene ring substituents is 1. The first-order valence-electron chi connectivity index (χ1n) is 17.0. The number of halogens is 4. The Morgan fingerprint density at radius 3 is 1.97 bits per heavy atom. The summed E-state index contributed by atoms with van der Waals surface area (Å²) < 4.78 is 20.7. The maximum absolute atomic E-state index is 12.0. The van der Waals surface area contributed by atoms with Crippen molar-refractivity contribution in [3.8, 4) is 11.5 Å². The minimum absolute atomic E-state index is 0.0352. The number of nitrogens with two attached hydrogens (primary N) is 1. The van der Waals surface area contributed by atoms with Crippen LogP contribution in [-0.4, -0.2) is 93.0 Å². The predicted octanol–water partition coefficient (Wildman–Crippen LogP) is 7.40. The van der Waals surface area contributed by atoms with Crippen molar-refractivity contribution >= 4 is 88.8 Å². The highest BCUT2D eigenvalue weighted by Gasteiger charge is 2.21. The molecule has 0 aromatic heterocycles. The van der Waals surface area contributed by atoms with Crippen molar-refractivity contribution in [2.45, 2.75) is 31.5 Å². The van der Waals surface area contributed by atoms with Crippen LogP contribution in [0, 0.1) is 10.1 Å². The molecule has 0 saturated heterocycles. The highest BCUT2D eigenvalue weighted by Crippen LogP contribution is 2.39. The predicted molar refractivity (Wildman–Crippen MR) is 229 cm³/mol. The summed E-state index contributed by atoms with van der Waals surface area (Å²) in [5.74, 6) is -0.774. The Kier molecular flexibility index (Phi) is 26.9. The quantitative estimate of drug-likeness (QED) is 0.0159. The Labute approximate surface area is 357 Å². The topological polar surface area (TPSA) is 235 Å². The number of amides is 2. The van der Waals surface area contributed by atoms with Crippen LogP contribution in [0.5, 0.6) is 11.5 Å². The molecule has 2 amide bonds. The van der Waals surface area contributed by atoms with Crippen LogP contribution in [0.25, 0.3) is 0 Å². The van der Waals surface area contributed by atoms with Crippen molar-refractivity contribution in [1.29, 1.82) is 0 Å². The Hall–Kier alpha value is -4.22. The highest BCUT2D eigenvalue weighted by molar-refractivity contribution is 7.51. The van der Waals surface area contributed by atoms with E-state index < -0.39 is 36.2 Å². The van der Waals surface area contributed by atoms with Gasteiger partial charge in [-0.2, -0.15) is 0 Å². The number of para-hydroxylation sites is 2. The Balaban J connectivity index is 0.000000770. The van der Waals surface area contributed by atoms with Gasteiger partial charge in [0.15, 0.2) is 4.84 Å². The van der Waals surface area contributed by atoms with Crippen LogP contribution >= 0.6 is 54.0 Å². The molecule has 16 nitrogen and oxygen atoms in total. The third-order valence-corrected chi connectivity index (χ3v) is 8.62. The molecule has 320 valence electrons. The van der Waals surface area contributed by atoms with Crippen LogP contribution in [0.1, 0.15) is 25.0 Å². The first-order chi connectivity index (χ1) is 27.3. The number of aryl methyl sites for hydroxylation is 2. The van der Waals surface area contributed by atoms with Crippen molar-refractivity contribution in [3.63, 3.8) is 0 Å². The summed E-state index contributed by atoms with van der Waals surface area (Å²) in [4.78, 5) is 61.4. The van der Waals surface area contributed by atoms with Gasteiger partial charge in [0.25, 0.3) is 11.6 Å². The number of ether oxygens (including phenoxy) is 2. The van der Waals surface area contributed by atoms with Gasteiger partial charge in [0.1, 0.15) is 34.8 Å². The van der Waals surface area contributed by atoms with Gasteiger partial charge < -0.3 is 35.0 Å². The molecule has 3 aromatic rings. The second-order valence-corrected chi connectivity index (χ2v) is 14.6. The number of methoxy groups -OCH3 is 1. The summed E-state index contributed by atoms with van der Waals surface area (Å²) in [6, 6.07) is 17.7. The fraction of sp³-hybridized carbons (Fsp3) is 0.324. The van der Waals surface area contributed by atoms with Crippen LogP contribution in [0.2, 0.25) is 5.02 Å². The van der Waals surface area contributed by atoms with Crippen LogP contribution in [0.3, 0.4) is 0 Å². The zero-order valence-electron chi connectivity index (χ0n) is 32.1. The molecular weight excluding hydrogens is 863 g/mol. The van der Waals surface area contributed by atoms with Crippen molar-refractivity contribution in [2.24, 2.45) is 0 Å². The van der Waals surface area contributed by atoms with Crippen molar-refractivity contribution in [3.05, 3.63) is 112 Å². The van der Waals surface area contributed by atoms with Crippen molar-refractivity contribution in [2.75, 3.05) is 56.3 Å². The third-order valence-electron chi connectivity index (χ3n) is 6.99. The number of rotatable bonds is 18. The minimum atomic E-state index is -4.10. The molecule has 21 heteroatoms. The zero-order valence-corrected chi connectivity index (χ0v) is 36.0. The van der Waals surface area contributed by atoms with E-state index in [1.165, 1.54) is 17.0 Å². The fourth-order valence-electron chi connectivity index (χ4n) is 4.45. The molecule has 3 rings (SSSR count). The molecule has 0 fully saturated rings. The lowest BCUT2D eigenvalue weighted by atomic mass is 10.0. The van der Waals surface area contributed by atoms with Gasteiger partial charge in [-0.15, -0.1) is 24.8 Å². The number of aliphatic carboxylic acids is 1. The monoisotopic (exact) mass is 909 g/mol. The first kappa shape index (κ1) is 53.8. The van der Waals surface area contributed by atoms with Crippen LogP contribution in [-0.2, 0) is 36.5 Å². The molecule has 3 aromatic carbocycles. The number of hydrogen-bond acceptors (Lipinski definition) is 10. The van der Waals surface area contributed by atoms with Crippen molar-refractivity contribution < 1.29 is 48.2 Å². The SMILES string of the molecule is C=CCN(CC=C)C(=O)C(Cl)Cl.CCc1cccc(CC)c1N(COC)C(=O)CCl.Nc1c([N+](=O)[O-])ccc(Oc2ccccc2)c1Cl.O=C(O)CNCP(=O)(O)O. The van der Waals surface area contributed by atoms with E-state index in [-0.39, 0.29) is 46.6 Å². The van der Waals surface area contributed by atoms with Gasteiger partial charge in [-0.25, -0.2) is 0 Å². The summed E-state index contributed by atoms with van der Waals surface area (Å²) in [5, 5.41) is 20.8. The molecule has 0 spiro atoms. The van der Waals surface area contributed by atoms with E-state index in [2.05, 4.69) is 32.3 Å². The summed E-state index contributed by atoms with van der Waals surface area (Å²) in [7, 11) is -2.52. The second kappa shape index (κ2) is 29.1. The number of carboxylic acid groups (broad SMARTS) is 1. The Bertz CT molecular complexity index is 1800. The standard InChI is InChI=1S/C14H20ClNO2.C12H9ClN2O3.C8H11Cl2NO.C3H8NO5P/c1-4-11-7-6-8-12(5-2)14(11)16(10-18-3)13(17)9-15;13-11-10(18-8-4-2-1-3-5-8)7-6-9(12(11)14)15(16)17;1-3-5-11(6-4-2)8(12)7(9)10;5-3(6)1-4-2-10(7,8)9/h6-8H,4-5,9-10H2,1-3H3;1-7H,14H2;3-4,7H,1-2,5-6H2;4H,1-2H2,(H,5,6)(H2,7,8,9). The maximum atomic E-state index is 12.0. The fourth-order valence-corrected chi connectivity index (χ4v) is 5.47. The molecule has 0 aliphatic heterocycles. The van der Waals surface area contributed by atoms with Gasteiger partial charge >= 0.3 is 13.6 Å². The number of nitrogen functional groups attached to an aromatic ring is 1. The number of carbonyl (C=O) groups is 3. The number of anilines is 2. The van der Waals surface area contributed by atoms with Crippen LogP contribution in [0.4, 0.5) is 17.1 Å². The van der Waals surface area contributed by atoms with E-state index in [0.717, 1.165) is 29.7 Å². The molecule has 0 saturated carbocycles. The lowest BCUT2D eigenvalue weighted by Gasteiger charge is -2.26. The molecule has 6 N–H and O–H groups in total. The third kappa shape index (κ3) is 20.5. The van der Waals surface area contributed by atoms with Gasteiger partial charge in [0, 0.05) is 26.3 Å². The van der Waals surface area contributed by atoms with Gasteiger partial charge in [0.05, 0.1) is 23.4 Å². The molecule has 0 heterocycles. The maximum Gasteiger partial charge on any atom is 0.339 e. The average molecular weight is 912 g/mol. The van der Waals surface area contributed by atoms with E-state index >= 15 is 0 Å². The molecule has 0 aliphatic carbocycles. The van der Waals surface area contributed by atoms with Gasteiger partial charge in [-0.05, 0) is 42.2 Å². The van der Waals surface area contributed by atoms with E-state index in [4.69, 9.17) is 76.5 Å². The van der Waals surface area contributed by atoms with Crippen molar-refractivity contribution in [1.82, 2.24) is 10.2 Å². The molecule has 0 radical (unpaired) electrons. The normalized spacial score (nSPS) is 10.3. The largest absolute Gasteiger partial charge is 0.480 e. The molecule has 0 aliphatic rings. The molecule has 0 bridgehead atoms. The first-order valence-corrected chi connectivity index (χ1v) is 20.6. The number of alkyl halides is 3. The van der Waals surface area contributed by atoms with Crippen LogP contribution < -0.4 is 20.7 Å². The van der Waals surface area contributed by atoms with Gasteiger partial charge in [-0.1, -0.05) is 97.2 Å². The number of carboxylic acids is 1. The van der Waals surface area contributed by atoms with Gasteiger partial charge in [-0.3, -0.25) is 39.3 Å². The number of benzene rings is 3. The van der Waals surface area contributed by atoms with Gasteiger partial charge in [0.2, 0.25) is 5.91 Å². The lowest BCUT2D eigenvalue weighted by Crippen LogP contribution is -2.35. The Morgan fingerprint density at radius 1 is 1.00 bits per heavy atom. The number of nitro groups is 1. The number of hydrogen-bond donors (Lipinski definition) is 5. The summed E-state index contributed by atoms with van der Waals surface area (Å²) in [6.07, 6.45) is 4.37. The average Bonchev–Trinajstić information content (AvgIpc) is 3.18. The number of nitrogens with one attached hydrogen (secondary N) is 1. The summed E-state index contributed by atoms with van der Waals surface area (Å²) in [6.45, 7) is 11.8. The molecule has 58 heavy (non-hydrogen) atoms. The zero-order chi connectivity index (χ0) is 44.4. The summed E-state index contributed by atoms with van der Waals surface area (Å²) in [5.41, 5.74) is 8.49. The minimum Gasteiger partial charge on any atom is -0.480 e. The molecule has 0 unspecified atom stereocenters. The smallest absolute Gasteiger partial charge is 0.339 e. The number of carbonyl (C=O) groups excluding carboxylic acids is 2.